The van der Waals surface area contributed by atoms with Crippen molar-refractivity contribution >= 4 is 21.4 Å². The lowest BCUT2D eigenvalue weighted by molar-refractivity contribution is 0.444. The van der Waals surface area contributed by atoms with E-state index >= 15 is 0 Å². The summed E-state index contributed by atoms with van der Waals surface area (Å²) in [4.78, 5) is 0. The van der Waals surface area contributed by atoms with Gasteiger partial charge in [-0.1, -0.05) is 25.2 Å². The van der Waals surface area contributed by atoms with Crippen molar-refractivity contribution in [1.29, 1.82) is 0 Å². The molecule has 80 valence electrons. The fourth-order valence-corrected chi connectivity index (χ4v) is 3.62. The first-order valence-corrected chi connectivity index (χ1v) is 6.58. The maximum atomic E-state index is 11.8. The highest BCUT2D eigenvalue weighted by Crippen LogP contribution is 2.18. The molecule has 0 N–H and O–H groups in total. The Bertz CT molecular complexity index is 395. The number of rotatable bonds is 4. The van der Waals surface area contributed by atoms with E-state index in [1.807, 2.05) is 0 Å². The molecule has 5 nitrogen and oxygen atoms in total. The molecule has 0 aliphatic heterocycles. The Kier molecular flexibility index (Phi) is 3.57. The van der Waals surface area contributed by atoms with Crippen LogP contribution in [0, 0.1) is 6.92 Å². The van der Waals surface area contributed by atoms with Crippen LogP contribution < -0.4 is 0 Å². The maximum absolute atomic E-state index is 11.8. The average Bonchev–Trinajstić information content (AvgIpc) is 2.54. The zero-order chi connectivity index (χ0) is 10.8. The third-order valence-electron chi connectivity index (χ3n) is 1.77. The molecule has 0 radical (unpaired) electrons. The lowest BCUT2D eigenvalue weighted by Crippen LogP contribution is -2.30. The van der Waals surface area contributed by atoms with Gasteiger partial charge in [-0.2, -0.15) is 4.31 Å². The van der Waals surface area contributed by atoms with Gasteiger partial charge in [0.25, 0.3) is 10.0 Å². The molecular weight excluding hydrogens is 222 g/mol. The highest BCUT2D eigenvalue weighted by molar-refractivity contribution is 7.91. The molecule has 0 aliphatic rings. The predicted molar refractivity (Wildman–Crippen MR) is 54.8 cm³/mol. The Labute approximate surface area is 87.8 Å². The van der Waals surface area contributed by atoms with Crippen LogP contribution in [-0.2, 0) is 10.0 Å². The van der Waals surface area contributed by atoms with E-state index in [0.29, 0.717) is 18.1 Å². The van der Waals surface area contributed by atoms with Crippen molar-refractivity contribution < 1.29 is 8.42 Å². The second-order valence-corrected chi connectivity index (χ2v) is 5.97. The van der Waals surface area contributed by atoms with Gasteiger partial charge in [-0.25, -0.2) is 8.42 Å². The zero-order valence-corrected chi connectivity index (χ0v) is 10.0. The predicted octanol–water partition coefficient (Wildman–Crippen LogP) is 0.877. The normalized spacial score (nSPS) is 12.3. The minimum atomic E-state index is -3.40. The van der Waals surface area contributed by atoms with Crippen molar-refractivity contribution in [2.75, 3.05) is 13.1 Å². The summed E-state index contributed by atoms with van der Waals surface area (Å²) < 4.78 is 25.1. The molecule has 0 unspecified atom stereocenters. The molecule has 0 saturated heterocycles. The average molecular weight is 235 g/mol. The second kappa shape index (κ2) is 4.33. The quantitative estimate of drug-likeness (QED) is 0.777. The summed E-state index contributed by atoms with van der Waals surface area (Å²) in [6.45, 7) is 6.25. The molecule has 0 saturated carbocycles. The number of hydrogen-bond acceptors (Lipinski definition) is 5. The van der Waals surface area contributed by atoms with Gasteiger partial charge in [-0.3, -0.25) is 0 Å². The Morgan fingerprint density at radius 2 is 1.86 bits per heavy atom. The van der Waals surface area contributed by atoms with Crippen LogP contribution in [-0.4, -0.2) is 36.0 Å². The molecule has 1 aromatic rings. The molecule has 1 rings (SSSR count). The van der Waals surface area contributed by atoms with Gasteiger partial charge < -0.3 is 0 Å². The van der Waals surface area contributed by atoms with Gasteiger partial charge in [0.05, 0.1) is 0 Å². The summed E-state index contributed by atoms with van der Waals surface area (Å²) in [5.74, 6) is 0. The first-order valence-electron chi connectivity index (χ1n) is 4.32. The van der Waals surface area contributed by atoms with E-state index in [1.54, 1.807) is 20.8 Å². The molecule has 14 heavy (non-hydrogen) atoms. The van der Waals surface area contributed by atoms with Gasteiger partial charge in [0.15, 0.2) is 0 Å². The Hall–Kier alpha value is -0.530. The van der Waals surface area contributed by atoms with E-state index in [9.17, 15) is 8.42 Å². The summed E-state index contributed by atoms with van der Waals surface area (Å²) in [7, 11) is -3.40. The minimum absolute atomic E-state index is 0.0821. The lowest BCUT2D eigenvalue weighted by Gasteiger charge is -2.15. The molecule has 0 atom stereocenters. The van der Waals surface area contributed by atoms with Gasteiger partial charge in [0.2, 0.25) is 4.34 Å². The van der Waals surface area contributed by atoms with Crippen LogP contribution in [0.1, 0.15) is 18.9 Å². The highest BCUT2D eigenvalue weighted by atomic mass is 32.2. The zero-order valence-electron chi connectivity index (χ0n) is 8.39. The van der Waals surface area contributed by atoms with E-state index in [4.69, 9.17) is 0 Å². The Morgan fingerprint density at radius 3 is 2.21 bits per heavy atom. The Balaban J connectivity index is 3.07. The fraction of sp³-hybridized carbons (Fsp3) is 0.714. The van der Waals surface area contributed by atoms with Crippen molar-refractivity contribution in [3.8, 4) is 0 Å². The first-order chi connectivity index (χ1) is 6.52. The van der Waals surface area contributed by atoms with Crippen LogP contribution in [0.2, 0.25) is 0 Å². The highest BCUT2D eigenvalue weighted by Gasteiger charge is 2.25. The molecule has 0 aromatic carbocycles. The summed E-state index contributed by atoms with van der Waals surface area (Å²) in [6.07, 6.45) is 0. The molecule has 0 aliphatic carbocycles. The number of hydrogen-bond donors (Lipinski definition) is 0. The Morgan fingerprint density at radius 1 is 1.29 bits per heavy atom. The maximum Gasteiger partial charge on any atom is 0.272 e. The van der Waals surface area contributed by atoms with Crippen molar-refractivity contribution in [2.45, 2.75) is 25.1 Å². The van der Waals surface area contributed by atoms with Crippen molar-refractivity contribution in [3.05, 3.63) is 5.01 Å². The van der Waals surface area contributed by atoms with Gasteiger partial charge >= 0.3 is 0 Å². The fourth-order valence-electron chi connectivity index (χ4n) is 1.06. The molecular formula is C7H13N3O2S2. The number of sulfonamides is 1. The number of nitrogens with zero attached hydrogens (tertiary/aromatic N) is 3. The van der Waals surface area contributed by atoms with E-state index in [0.717, 1.165) is 11.3 Å². The van der Waals surface area contributed by atoms with Crippen LogP contribution in [0.25, 0.3) is 0 Å². The second-order valence-electron chi connectivity index (χ2n) is 2.68. The summed E-state index contributed by atoms with van der Waals surface area (Å²) in [6, 6.07) is 0. The van der Waals surface area contributed by atoms with Crippen LogP contribution in [0.3, 0.4) is 0 Å². The summed E-state index contributed by atoms with van der Waals surface area (Å²) in [5, 5.41) is 8.00. The van der Waals surface area contributed by atoms with Crippen molar-refractivity contribution in [1.82, 2.24) is 14.5 Å². The summed E-state index contributed by atoms with van der Waals surface area (Å²) in [5.41, 5.74) is 0. The van der Waals surface area contributed by atoms with Crippen LogP contribution >= 0.6 is 11.3 Å². The molecule has 0 spiro atoms. The number of aryl methyl sites for hydroxylation is 1. The molecule has 1 aromatic heterocycles. The molecule has 1 heterocycles. The van der Waals surface area contributed by atoms with E-state index < -0.39 is 10.0 Å². The van der Waals surface area contributed by atoms with E-state index in [1.165, 1.54) is 4.31 Å². The van der Waals surface area contributed by atoms with Gasteiger partial charge in [-0.05, 0) is 6.92 Å². The molecule has 0 bridgehead atoms. The van der Waals surface area contributed by atoms with Gasteiger partial charge in [0.1, 0.15) is 5.01 Å². The lowest BCUT2D eigenvalue weighted by atomic mass is 10.7. The third-order valence-corrected chi connectivity index (χ3v) is 5.01. The van der Waals surface area contributed by atoms with E-state index in [-0.39, 0.29) is 4.34 Å². The van der Waals surface area contributed by atoms with Gasteiger partial charge in [-0.15, -0.1) is 10.2 Å². The van der Waals surface area contributed by atoms with Crippen molar-refractivity contribution in [2.24, 2.45) is 0 Å². The van der Waals surface area contributed by atoms with Crippen LogP contribution in [0.15, 0.2) is 4.34 Å². The standard InChI is InChI=1S/C7H13N3O2S2/c1-4-10(5-2)14(11,12)7-9-8-6(3)13-7/h4-5H2,1-3H3. The van der Waals surface area contributed by atoms with Crippen molar-refractivity contribution in [3.63, 3.8) is 0 Å². The monoisotopic (exact) mass is 235 g/mol. The third kappa shape index (κ3) is 2.10. The van der Waals surface area contributed by atoms with E-state index in [2.05, 4.69) is 10.2 Å². The van der Waals surface area contributed by atoms with Crippen LogP contribution in [0.5, 0.6) is 0 Å². The van der Waals surface area contributed by atoms with Gasteiger partial charge in [0, 0.05) is 13.1 Å². The summed E-state index contributed by atoms with van der Waals surface area (Å²) >= 11 is 1.10. The molecule has 7 heteroatoms. The smallest absolute Gasteiger partial charge is 0.204 e. The largest absolute Gasteiger partial charge is 0.272 e. The minimum Gasteiger partial charge on any atom is -0.204 e. The number of aromatic nitrogens is 2. The topological polar surface area (TPSA) is 63.2 Å². The van der Waals surface area contributed by atoms with Crippen LogP contribution in [0.4, 0.5) is 0 Å². The molecule has 0 fully saturated rings. The molecule has 0 amide bonds. The first kappa shape index (κ1) is 11.5. The SMILES string of the molecule is CCN(CC)S(=O)(=O)c1nnc(C)s1.